The first kappa shape index (κ1) is 13.8. The normalized spacial score (nSPS) is 12.7. The Morgan fingerprint density at radius 2 is 1.95 bits per heavy atom. The maximum atomic E-state index is 12.1. The number of aromatic nitrogens is 2. The molecule has 1 unspecified atom stereocenters. The molecule has 0 radical (unpaired) electrons. The third-order valence-electron chi connectivity index (χ3n) is 3.41. The minimum absolute atomic E-state index is 0.253. The fourth-order valence-corrected chi connectivity index (χ4v) is 3.44. The van der Waals surface area contributed by atoms with Gasteiger partial charge in [0.05, 0.1) is 5.39 Å². The van der Waals surface area contributed by atoms with Crippen molar-refractivity contribution in [1.82, 2.24) is 9.55 Å². The highest BCUT2D eigenvalue weighted by Gasteiger charge is 2.18. The van der Waals surface area contributed by atoms with Crippen LogP contribution in [-0.2, 0) is 11.8 Å². The van der Waals surface area contributed by atoms with Gasteiger partial charge in [0.15, 0.2) is 0 Å². The molecule has 3 rings (SSSR count). The first-order chi connectivity index (χ1) is 10.1. The van der Waals surface area contributed by atoms with Crippen LogP contribution in [0.2, 0.25) is 0 Å². The maximum Gasteiger partial charge on any atom is 0.329 e. The SMILES string of the molecule is COC(c1ccccc1)c1cc2c(=O)n(C)c(=O)[nH]c2s1. The van der Waals surface area contributed by atoms with Crippen molar-refractivity contribution in [2.45, 2.75) is 6.10 Å². The van der Waals surface area contributed by atoms with Gasteiger partial charge in [-0.1, -0.05) is 30.3 Å². The van der Waals surface area contributed by atoms with Crippen molar-refractivity contribution in [3.05, 3.63) is 67.7 Å². The van der Waals surface area contributed by atoms with Crippen LogP contribution in [0.15, 0.2) is 46.0 Å². The topological polar surface area (TPSA) is 64.1 Å². The number of benzene rings is 1. The standard InChI is InChI=1S/C15H14N2O3S/c1-17-14(18)10-8-11(21-13(10)16-15(17)19)12(20-2)9-6-4-3-5-7-9/h3-8,12H,1-2H3,(H,16,19). The molecule has 1 N–H and O–H groups in total. The van der Waals surface area contributed by atoms with E-state index in [2.05, 4.69) is 4.98 Å². The maximum absolute atomic E-state index is 12.1. The third kappa shape index (κ3) is 2.32. The number of H-pyrrole nitrogens is 1. The number of methoxy groups -OCH3 is 1. The summed E-state index contributed by atoms with van der Waals surface area (Å²) in [5.41, 5.74) is 0.305. The predicted octanol–water partition coefficient (Wildman–Crippen LogP) is 2.02. The summed E-state index contributed by atoms with van der Waals surface area (Å²) < 4.78 is 6.63. The number of thiophene rings is 1. The van der Waals surface area contributed by atoms with Crippen molar-refractivity contribution in [1.29, 1.82) is 0 Å². The van der Waals surface area contributed by atoms with E-state index in [1.54, 1.807) is 13.2 Å². The van der Waals surface area contributed by atoms with E-state index in [0.717, 1.165) is 15.0 Å². The minimum Gasteiger partial charge on any atom is -0.371 e. The van der Waals surface area contributed by atoms with E-state index in [4.69, 9.17) is 4.74 Å². The smallest absolute Gasteiger partial charge is 0.329 e. The van der Waals surface area contributed by atoms with Crippen molar-refractivity contribution in [3.8, 4) is 0 Å². The fourth-order valence-electron chi connectivity index (χ4n) is 2.29. The van der Waals surface area contributed by atoms with Gasteiger partial charge in [-0.3, -0.25) is 14.3 Å². The van der Waals surface area contributed by atoms with Gasteiger partial charge in [-0.25, -0.2) is 4.79 Å². The van der Waals surface area contributed by atoms with Crippen LogP contribution in [0.5, 0.6) is 0 Å². The van der Waals surface area contributed by atoms with Crippen LogP contribution in [0.3, 0.4) is 0 Å². The number of nitrogens with zero attached hydrogens (tertiary/aromatic N) is 1. The Morgan fingerprint density at radius 3 is 2.62 bits per heavy atom. The van der Waals surface area contributed by atoms with Gasteiger partial charge in [0.1, 0.15) is 10.9 Å². The number of ether oxygens (including phenoxy) is 1. The average Bonchev–Trinajstić information content (AvgIpc) is 2.90. The predicted molar refractivity (Wildman–Crippen MR) is 83.0 cm³/mol. The second-order valence-electron chi connectivity index (χ2n) is 4.71. The summed E-state index contributed by atoms with van der Waals surface area (Å²) in [5, 5.41) is 0.509. The monoisotopic (exact) mass is 302 g/mol. The number of rotatable bonds is 3. The Balaban J connectivity index is 2.19. The molecule has 0 aliphatic heterocycles. The molecule has 0 spiro atoms. The molecule has 2 aromatic heterocycles. The highest BCUT2D eigenvalue weighted by atomic mass is 32.1. The zero-order valence-electron chi connectivity index (χ0n) is 11.6. The lowest BCUT2D eigenvalue weighted by Crippen LogP contribution is -2.31. The summed E-state index contributed by atoms with van der Waals surface area (Å²) in [7, 11) is 3.09. The molecule has 21 heavy (non-hydrogen) atoms. The van der Waals surface area contributed by atoms with Crippen molar-refractivity contribution < 1.29 is 4.74 Å². The largest absolute Gasteiger partial charge is 0.371 e. The minimum atomic E-state index is -0.408. The summed E-state index contributed by atoms with van der Waals surface area (Å²) >= 11 is 1.37. The van der Waals surface area contributed by atoms with Crippen LogP contribution in [0.25, 0.3) is 10.2 Å². The lowest BCUT2D eigenvalue weighted by Gasteiger charge is -2.13. The molecule has 6 heteroatoms. The summed E-state index contributed by atoms with van der Waals surface area (Å²) in [6.07, 6.45) is -0.253. The number of hydrogen-bond acceptors (Lipinski definition) is 4. The van der Waals surface area contributed by atoms with E-state index >= 15 is 0 Å². The van der Waals surface area contributed by atoms with Gasteiger partial charge in [0.2, 0.25) is 0 Å². The first-order valence-corrected chi connectivity index (χ1v) is 7.24. The molecule has 0 bridgehead atoms. The van der Waals surface area contributed by atoms with Crippen LogP contribution in [0, 0.1) is 0 Å². The van der Waals surface area contributed by atoms with Crippen molar-refractivity contribution >= 4 is 21.6 Å². The number of hydrogen-bond donors (Lipinski definition) is 1. The van der Waals surface area contributed by atoms with Gasteiger partial charge in [-0.15, -0.1) is 11.3 Å². The van der Waals surface area contributed by atoms with Crippen LogP contribution < -0.4 is 11.2 Å². The van der Waals surface area contributed by atoms with E-state index < -0.39 is 5.69 Å². The Labute approximate surface area is 124 Å². The quantitative estimate of drug-likeness (QED) is 0.805. The molecule has 1 aromatic carbocycles. The summed E-state index contributed by atoms with van der Waals surface area (Å²) in [6, 6.07) is 11.6. The highest BCUT2D eigenvalue weighted by Crippen LogP contribution is 2.32. The molecule has 0 fully saturated rings. The van der Waals surface area contributed by atoms with Gasteiger partial charge in [-0.05, 0) is 11.6 Å². The molecule has 1 atom stereocenters. The Bertz CT molecular complexity index is 893. The van der Waals surface area contributed by atoms with E-state index in [9.17, 15) is 9.59 Å². The van der Waals surface area contributed by atoms with Gasteiger partial charge in [-0.2, -0.15) is 0 Å². The van der Waals surface area contributed by atoms with Crippen LogP contribution >= 0.6 is 11.3 Å². The van der Waals surface area contributed by atoms with Crippen molar-refractivity contribution in [2.75, 3.05) is 7.11 Å². The van der Waals surface area contributed by atoms with Crippen molar-refractivity contribution in [2.24, 2.45) is 7.05 Å². The zero-order chi connectivity index (χ0) is 15.0. The lowest BCUT2D eigenvalue weighted by molar-refractivity contribution is 0.139. The molecular weight excluding hydrogens is 288 g/mol. The van der Waals surface area contributed by atoms with Gasteiger partial charge in [0.25, 0.3) is 5.56 Å². The summed E-state index contributed by atoms with van der Waals surface area (Å²) in [5.74, 6) is 0. The Hall–Kier alpha value is -2.18. The van der Waals surface area contributed by atoms with E-state index in [1.165, 1.54) is 18.4 Å². The third-order valence-corrected chi connectivity index (χ3v) is 4.50. The van der Waals surface area contributed by atoms with Crippen LogP contribution in [0.4, 0.5) is 0 Å². The molecule has 0 aliphatic rings. The first-order valence-electron chi connectivity index (χ1n) is 6.42. The van der Waals surface area contributed by atoms with E-state index in [0.29, 0.717) is 10.2 Å². The van der Waals surface area contributed by atoms with Gasteiger partial charge in [0, 0.05) is 19.0 Å². The van der Waals surface area contributed by atoms with Crippen LogP contribution in [0.1, 0.15) is 16.5 Å². The molecule has 5 nitrogen and oxygen atoms in total. The van der Waals surface area contributed by atoms with E-state index in [1.807, 2.05) is 30.3 Å². The molecular formula is C15H14N2O3S. The fraction of sp³-hybridized carbons (Fsp3) is 0.200. The van der Waals surface area contributed by atoms with E-state index in [-0.39, 0.29) is 11.7 Å². The molecule has 0 aliphatic carbocycles. The van der Waals surface area contributed by atoms with Crippen molar-refractivity contribution in [3.63, 3.8) is 0 Å². The molecule has 0 saturated heterocycles. The average molecular weight is 302 g/mol. The van der Waals surface area contributed by atoms with Crippen LogP contribution in [-0.4, -0.2) is 16.7 Å². The Kier molecular flexibility index (Phi) is 3.48. The number of nitrogens with one attached hydrogen (secondary N) is 1. The highest BCUT2D eigenvalue weighted by molar-refractivity contribution is 7.18. The molecule has 3 aromatic rings. The second kappa shape index (κ2) is 5.31. The summed E-state index contributed by atoms with van der Waals surface area (Å²) in [4.78, 5) is 28.0. The number of aromatic amines is 1. The van der Waals surface area contributed by atoms with Gasteiger partial charge < -0.3 is 4.74 Å². The second-order valence-corrected chi connectivity index (χ2v) is 5.80. The number of fused-ring (bicyclic) bond motifs is 1. The molecule has 0 amide bonds. The lowest BCUT2D eigenvalue weighted by atomic mass is 10.1. The molecule has 2 heterocycles. The van der Waals surface area contributed by atoms with Gasteiger partial charge >= 0.3 is 5.69 Å². The zero-order valence-corrected chi connectivity index (χ0v) is 12.4. The molecule has 108 valence electrons. The molecule has 0 saturated carbocycles. The summed E-state index contributed by atoms with van der Waals surface area (Å²) in [6.45, 7) is 0. The Morgan fingerprint density at radius 1 is 1.24 bits per heavy atom.